The molecule has 5 nitrogen and oxygen atoms in total. The number of benzene rings is 3. The Morgan fingerprint density at radius 3 is 2.39 bits per heavy atom. The van der Waals surface area contributed by atoms with Crippen LogP contribution in [0.4, 0.5) is 5.69 Å². The number of hydrogen-bond acceptors (Lipinski definition) is 4. The number of hydrogen-bond donors (Lipinski definition) is 1. The first-order chi connectivity index (χ1) is 16.0. The molecule has 0 spiro atoms. The highest BCUT2D eigenvalue weighted by Gasteiger charge is 2.15. The number of fused-ring (bicyclic) bond motifs is 1. The van der Waals surface area contributed by atoms with Crippen molar-refractivity contribution in [2.24, 2.45) is 0 Å². The van der Waals surface area contributed by atoms with Crippen molar-refractivity contribution in [3.63, 3.8) is 0 Å². The minimum absolute atomic E-state index is 0.0171. The third kappa shape index (κ3) is 4.88. The van der Waals surface area contributed by atoms with Gasteiger partial charge in [-0.3, -0.25) is 9.59 Å². The van der Waals surface area contributed by atoms with Gasteiger partial charge in [0.2, 0.25) is 5.91 Å². The second-order valence-corrected chi connectivity index (χ2v) is 7.74. The van der Waals surface area contributed by atoms with Crippen molar-refractivity contribution < 1.29 is 18.7 Å². The molecule has 3 aromatic carbocycles. The summed E-state index contributed by atoms with van der Waals surface area (Å²) in [6.07, 6.45) is 3.29. The van der Waals surface area contributed by atoms with Crippen LogP contribution in [0.1, 0.15) is 36.7 Å². The fraction of sp³-hybridized carbons (Fsp3) is 0.143. The molecule has 0 fully saturated rings. The summed E-state index contributed by atoms with van der Waals surface area (Å²) in [5.74, 6) is 0.379. The van der Waals surface area contributed by atoms with Crippen LogP contribution in [0.5, 0.6) is 5.75 Å². The van der Waals surface area contributed by atoms with Crippen LogP contribution in [-0.2, 0) is 4.79 Å². The Bertz CT molecular complexity index is 1330. The number of ether oxygens (including phenoxy) is 1. The van der Waals surface area contributed by atoms with E-state index in [1.807, 2.05) is 56.3 Å². The number of amides is 1. The van der Waals surface area contributed by atoms with Crippen molar-refractivity contribution in [1.82, 2.24) is 0 Å². The topological polar surface area (TPSA) is 68.5 Å². The third-order valence-corrected chi connectivity index (χ3v) is 5.39. The number of carbonyl (C=O) groups is 2. The summed E-state index contributed by atoms with van der Waals surface area (Å²) in [7, 11) is 0. The maximum absolute atomic E-state index is 12.7. The summed E-state index contributed by atoms with van der Waals surface area (Å²) in [4.78, 5) is 24.1. The summed E-state index contributed by atoms with van der Waals surface area (Å²) in [5.41, 5.74) is 5.57. The summed E-state index contributed by atoms with van der Waals surface area (Å²) in [5, 5.41) is 3.80. The second-order valence-electron chi connectivity index (χ2n) is 7.74. The van der Waals surface area contributed by atoms with Gasteiger partial charge < -0.3 is 14.5 Å². The van der Waals surface area contributed by atoms with Gasteiger partial charge in [0.1, 0.15) is 11.3 Å². The quantitative estimate of drug-likeness (QED) is 0.256. The Labute approximate surface area is 192 Å². The number of rotatable bonds is 7. The molecule has 1 heterocycles. The van der Waals surface area contributed by atoms with Gasteiger partial charge in [0.15, 0.2) is 5.78 Å². The highest BCUT2D eigenvalue weighted by atomic mass is 16.5. The van der Waals surface area contributed by atoms with Crippen molar-refractivity contribution in [3.05, 3.63) is 90.2 Å². The minimum Gasteiger partial charge on any atom is -0.493 e. The molecule has 0 aliphatic heterocycles. The number of anilines is 1. The van der Waals surface area contributed by atoms with Crippen LogP contribution in [0.15, 0.2) is 83.5 Å². The average molecular weight is 440 g/mol. The minimum atomic E-state index is -0.263. The van der Waals surface area contributed by atoms with Crippen LogP contribution in [0, 0.1) is 0 Å². The predicted molar refractivity (Wildman–Crippen MR) is 132 cm³/mol. The first kappa shape index (κ1) is 22.1. The van der Waals surface area contributed by atoms with E-state index in [0.717, 1.165) is 33.2 Å². The molecule has 4 rings (SSSR count). The Kier molecular flexibility index (Phi) is 6.41. The number of allylic oxidation sites excluding steroid dienone is 1. The van der Waals surface area contributed by atoms with E-state index in [-0.39, 0.29) is 11.7 Å². The Morgan fingerprint density at radius 2 is 1.73 bits per heavy atom. The molecule has 0 radical (unpaired) electrons. The van der Waals surface area contributed by atoms with E-state index >= 15 is 0 Å². The Balaban J connectivity index is 1.67. The maximum atomic E-state index is 12.7. The lowest BCUT2D eigenvalue weighted by atomic mass is 9.99. The molecule has 0 saturated heterocycles. The van der Waals surface area contributed by atoms with E-state index in [1.54, 1.807) is 36.6 Å². The second kappa shape index (κ2) is 9.57. The van der Waals surface area contributed by atoms with Gasteiger partial charge in [0, 0.05) is 39.9 Å². The van der Waals surface area contributed by atoms with Gasteiger partial charge >= 0.3 is 0 Å². The summed E-state index contributed by atoms with van der Waals surface area (Å²) in [6, 6.07) is 20.7. The predicted octanol–water partition coefficient (Wildman–Crippen LogP) is 6.74. The zero-order chi connectivity index (χ0) is 23.4. The van der Waals surface area contributed by atoms with Crippen LogP contribution in [0.3, 0.4) is 0 Å². The molecule has 4 aromatic rings. The molecular formula is C28H25NO4. The molecule has 1 amide bonds. The van der Waals surface area contributed by atoms with Gasteiger partial charge in [-0.05, 0) is 62.2 Å². The van der Waals surface area contributed by atoms with Crippen LogP contribution >= 0.6 is 0 Å². The number of ketones is 1. The number of furan rings is 1. The van der Waals surface area contributed by atoms with Gasteiger partial charge in [0.05, 0.1) is 12.9 Å². The Morgan fingerprint density at radius 1 is 1.00 bits per heavy atom. The molecular weight excluding hydrogens is 414 g/mol. The summed E-state index contributed by atoms with van der Waals surface area (Å²) in [6.45, 7) is 5.80. The van der Waals surface area contributed by atoms with Crippen LogP contribution in [-0.4, -0.2) is 18.3 Å². The molecule has 0 saturated carbocycles. The zero-order valence-corrected chi connectivity index (χ0v) is 18.8. The molecule has 0 bridgehead atoms. The zero-order valence-electron chi connectivity index (χ0n) is 18.8. The van der Waals surface area contributed by atoms with Crippen molar-refractivity contribution in [2.45, 2.75) is 20.8 Å². The van der Waals surface area contributed by atoms with Gasteiger partial charge in [-0.2, -0.15) is 0 Å². The monoisotopic (exact) mass is 439 g/mol. The first-order valence-corrected chi connectivity index (χ1v) is 10.8. The number of carbonyl (C=O) groups excluding carboxylic acids is 2. The highest BCUT2D eigenvalue weighted by molar-refractivity contribution is 6.05. The smallest absolute Gasteiger partial charge is 0.248 e. The van der Waals surface area contributed by atoms with E-state index < -0.39 is 0 Å². The van der Waals surface area contributed by atoms with E-state index in [0.29, 0.717) is 23.6 Å². The first-order valence-electron chi connectivity index (χ1n) is 10.8. The van der Waals surface area contributed by atoms with Crippen molar-refractivity contribution >= 4 is 33.9 Å². The molecule has 0 unspecified atom stereocenters. The highest BCUT2D eigenvalue weighted by Crippen LogP contribution is 2.37. The van der Waals surface area contributed by atoms with E-state index in [4.69, 9.17) is 9.15 Å². The lowest BCUT2D eigenvalue weighted by Crippen LogP contribution is -2.09. The van der Waals surface area contributed by atoms with Gasteiger partial charge in [-0.15, -0.1) is 0 Å². The molecule has 5 heteroatoms. The summed E-state index contributed by atoms with van der Waals surface area (Å²) < 4.78 is 11.7. The average Bonchev–Trinajstić information content (AvgIpc) is 3.22. The van der Waals surface area contributed by atoms with Crippen LogP contribution in [0.25, 0.3) is 27.7 Å². The molecule has 1 N–H and O–H groups in total. The Hall–Kier alpha value is -4.12. The summed E-state index contributed by atoms with van der Waals surface area (Å²) >= 11 is 0. The SMILES string of the molecule is CCOc1cc2occ(-c3ccccc3)c2cc1/C(C)=C/C(=O)Nc1ccc(C(C)=O)cc1. The lowest BCUT2D eigenvalue weighted by molar-refractivity contribution is -0.111. The third-order valence-electron chi connectivity index (χ3n) is 5.39. The molecule has 0 aliphatic rings. The standard InChI is InChI=1S/C28H25NO4/c1-4-32-26-16-27-24(25(17-33-27)21-8-6-5-7-9-21)15-23(26)18(2)14-28(31)29-22-12-10-20(11-13-22)19(3)30/h5-17H,4H2,1-3H3,(H,29,31)/b18-14+. The molecule has 0 atom stereocenters. The van der Waals surface area contributed by atoms with E-state index in [1.165, 1.54) is 6.92 Å². The molecule has 1 aromatic heterocycles. The van der Waals surface area contributed by atoms with E-state index in [2.05, 4.69) is 5.32 Å². The maximum Gasteiger partial charge on any atom is 0.248 e. The van der Waals surface area contributed by atoms with Crippen LogP contribution in [0.2, 0.25) is 0 Å². The molecule has 166 valence electrons. The fourth-order valence-electron chi connectivity index (χ4n) is 3.72. The van der Waals surface area contributed by atoms with Gasteiger partial charge in [-0.1, -0.05) is 30.3 Å². The lowest BCUT2D eigenvalue weighted by Gasteiger charge is -2.12. The fourth-order valence-corrected chi connectivity index (χ4v) is 3.72. The van der Waals surface area contributed by atoms with Gasteiger partial charge in [-0.25, -0.2) is 0 Å². The molecule has 0 aliphatic carbocycles. The molecule has 33 heavy (non-hydrogen) atoms. The number of Topliss-reactive ketones (excluding diaryl/α,β-unsaturated/α-hetero) is 1. The van der Waals surface area contributed by atoms with Crippen molar-refractivity contribution in [3.8, 4) is 16.9 Å². The van der Waals surface area contributed by atoms with Gasteiger partial charge in [0.25, 0.3) is 0 Å². The van der Waals surface area contributed by atoms with Crippen LogP contribution < -0.4 is 10.1 Å². The van der Waals surface area contributed by atoms with E-state index in [9.17, 15) is 9.59 Å². The van der Waals surface area contributed by atoms with Crippen molar-refractivity contribution in [1.29, 1.82) is 0 Å². The largest absolute Gasteiger partial charge is 0.493 e. The normalized spacial score (nSPS) is 11.4. The van der Waals surface area contributed by atoms with Crippen molar-refractivity contribution in [2.75, 3.05) is 11.9 Å². The number of nitrogens with one attached hydrogen (secondary N) is 1.